The Balaban J connectivity index is 1.65. The summed E-state index contributed by atoms with van der Waals surface area (Å²) in [5, 5.41) is 2.89. The molecule has 0 aliphatic heterocycles. The minimum absolute atomic E-state index is 0.0204. The van der Waals surface area contributed by atoms with Gasteiger partial charge in [0, 0.05) is 31.1 Å². The quantitative estimate of drug-likeness (QED) is 0.870. The van der Waals surface area contributed by atoms with E-state index in [9.17, 15) is 9.59 Å². The second kappa shape index (κ2) is 8.38. The zero-order valence-corrected chi connectivity index (χ0v) is 16.4. The van der Waals surface area contributed by atoms with Crippen LogP contribution in [0.5, 0.6) is 0 Å². The summed E-state index contributed by atoms with van der Waals surface area (Å²) >= 11 is 0. The molecule has 1 aliphatic carbocycles. The summed E-state index contributed by atoms with van der Waals surface area (Å²) in [4.78, 5) is 26.7. The monoisotopic (exact) mass is 364 g/mol. The van der Waals surface area contributed by atoms with Crippen LogP contribution in [0, 0.1) is 12.8 Å². The minimum Gasteiger partial charge on any atom is -0.356 e. The highest BCUT2D eigenvalue weighted by atomic mass is 16.2. The van der Waals surface area contributed by atoms with Gasteiger partial charge in [0.2, 0.25) is 5.91 Å². The largest absolute Gasteiger partial charge is 0.356 e. The predicted octanol–water partition coefficient (Wildman–Crippen LogP) is 4.04. The Labute approximate surface area is 161 Å². The number of amides is 2. The van der Waals surface area contributed by atoms with Gasteiger partial charge in [-0.05, 0) is 56.4 Å². The van der Waals surface area contributed by atoms with Crippen LogP contribution in [0.15, 0.2) is 48.5 Å². The molecule has 2 amide bonds. The zero-order valence-electron chi connectivity index (χ0n) is 16.4. The van der Waals surface area contributed by atoms with Crippen LogP contribution in [-0.2, 0) is 4.79 Å². The molecule has 0 heterocycles. The predicted molar refractivity (Wildman–Crippen MR) is 109 cm³/mol. The third kappa shape index (κ3) is 4.38. The molecule has 142 valence electrons. The van der Waals surface area contributed by atoms with Gasteiger partial charge in [-0.15, -0.1) is 0 Å². The SMILES string of the molecule is CCNC(=O)C1CCC(N(C)C(=O)c2ccc(-c3ccc(C)cc3)cc2)C1. The van der Waals surface area contributed by atoms with Gasteiger partial charge >= 0.3 is 0 Å². The Morgan fingerprint density at radius 3 is 2.19 bits per heavy atom. The van der Waals surface area contributed by atoms with Crippen LogP contribution >= 0.6 is 0 Å². The van der Waals surface area contributed by atoms with Gasteiger partial charge in [0.15, 0.2) is 0 Å². The molecular weight excluding hydrogens is 336 g/mol. The molecule has 1 N–H and O–H groups in total. The van der Waals surface area contributed by atoms with Crippen molar-refractivity contribution in [3.63, 3.8) is 0 Å². The fourth-order valence-electron chi connectivity index (χ4n) is 3.79. The normalized spacial score (nSPS) is 18.9. The van der Waals surface area contributed by atoms with E-state index in [0.29, 0.717) is 12.1 Å². The molecule has 0 spiro atoms. The van der Waals surface area contributed by atoms with Crippen molar-refractivity contribution in [2.75, 3.05) is 13.6 Å². The van der Waals surface area contributed by atoms with Gasteiger partial charge in [0.25, 0.3) is 5.91 Å². The maximum atomic E-state index is 12.9. The number of hydrogen-bond acceptors (Lipinski definition) is 2. The van der Waals surface area contributed by atoms with E-state index in [1.165, 1.54) is 5.56 Å². The third-order valence-corrected chi connectivity index (χ3v) is 5.51. The van der Waals surface area contributed by atoms with Crippen molar-refractivity contribution in [2.45, 2.75) is 39.2 Å². The second-order valence-corrected chi connectivity index (χ2v) is 7.42. The number of nitrogens with zero attached hydrogens (tertiary/aromatic N) is 1. The molecule has 0 aromatic heterocycles. The van der Waals surface area contributed by atoms with Crippen molar-refractivity contribution in [1.29, 1.82) is 0 Å². The van der Waals surface area contributed by atoms with E-state index in [4.69, 9.17) is 0 Å². The Kier molecular flexibility index (Phi) is 5.94. The van der Waals surface area contributed by atoms with Crippen LogP contribution < -0.4 is 5.32 Å². The summed E-state index contributed by atoms with van der Waals surface area (Å²) in [6.45, 7) is 4.66. The number of benzene rings is 2. The van der Waals surface area contributed by atoms with Crippen molar-refractivity contribution in [3.05, 3.63) is 59.7 Å². The first kappa shape index (κ1) is 19.2. The highest BCUT2D eigenvalue weighted by molar-refractivity contribution is 5.95. The lowest BCUT2D eigenvalue weighted by molar-refractivity contribution is -0.124. The standard InChI is InChI=1S/C23H28N2O2/c1-4-24-22(26)20-13-14-21(15-20)25(3)23(27)19-11-9-18(10-12-19)17-7-5-16(2)6-8-17/h5-12,20-21H,4,13-15H2,1-3H3,(H,24,26). The molecule has 2 aromatic carbocycles. The average molecular weight is 364 g/mol. The molecule has 1 saturated carbocycles. The van der Waals surface area contributed by atoms with Crippen molar-refractivity contribution in [3.8, 4) is 11.1 Å². The van der Waals surface area contributed by atoms with Crippen molar-refractivity contribution < 1.29 is 9.59 Å². The fourth-order valence-corrected chi connectivity index (χ4v) is 3.79. The summed E-state index contributed by atoms with van der Waals surface area (Å²) in [6.07, 6.45) is 2.47. The summed E-state index contributed by atoms with van der Waals surface area (Å²) in [5.41, 5.74) is 4.17. The number of hydrogen-bond donors (Lipinski definition) is 1. The number of rotatable bonds is 5. The number of aryl methyl sites for hydroxylation is 1. The maximum absolute atomic E-state index is 12.9. The Bertz CT molecular complexity index is 796. The first-order chi connectivity index (χ1) is 13.0. The summed E-state index contributed by atoms with van der Waals surface area (Å²) in [7, 11) is 1.85. The van der Waals surface area contributed by atoms with Crippen LogP contribution in [0.1, 0.15) is 42.1 Å². The average Bonchev–Trinajstić information content (AvgIpc) is 3.18. The van der Waals surface area contributed by atoms with Gasteiger partial charge in [0.05, 0.1) is 0 Å². The lowest BCUT2D eigenvalue weighted by Gasteiger charge is -2.25. The van der Waals surface area contributed by atoms with E-state index in [-0.39, 0.29) is 23.8 Å². The van der Waals surface area contributed by atoms with Gasteiger partial charge in [-0.1, -0.05) is 42.0 Å². The van der Waals surface area contributed by atoms with Gasteiger partial charge in [-0.2, -0.15) is 0 Å². The highest BCUT2D eigenvalue weighted by Crippen LogP contribution is 2.30. The zero-order chi connectivity index (χ0) is 19.4. The Hall–Kier alpha value is -2.62. The molecule has 27 heavy (non-hydrogen) atoms. The minimum atomic E-state index is 0.0204. The first-order valence-corrected chi connectivity index (χ1v) is 9.71. The summed E-state index contributed by atoms with van der Waals surface area (Å²) in [5.74, 6) is 0.157. The van der Waals surface area contributed by atoms with Crippen molar-refractivity contribution >= 4 is 11.8 Å². The maximum Gasteiger partial charge on any atom is 0.253 e. The molecule has 2 atom stereocenters. The van der Waals surface area contributed by atoms with E-state index in [1.807, 2.05) is 38.2 Å². The molecule has 0 bridgehead atoms. The van der Waals surface area contributed by atoms with Crippen LogP contribution in [0.3, 0.4) is 0 Å². The van der Waals surface area contributed by atoms with Crippen LogP contribution in [-0.4, -0.2) is 36.3 Å². The Morgan fingerprint density at radius 2 is 1.59 bits per heavy atom. The molecule has 4 nitrogen and oxygen atoms in total. The number of carbonyl (C=O) groups excluding carboxylic acids is 2. The van der Waals surface area contributed by atoms with E-state index in [0.717, 1.165) is 30.4 Å². The molecule has 4 heteroatoms. The van der Waals surface area contributed by atoms with E-state index in [1.54, 1.807) is 4.90 Å². The van der Waals surface area contributed by atoms with Crippen molar-refractivity contribution in [2.24, 2.45) is 5.92 Å². The first-order valence-electron chi connectivity index (χ1n) is 9.71. The fraction of sp³-hybridized carbons (Fsp3) is 0.391. The molecule has 3 rings (SSSR count). The number of carbonyl (C=O) groups is 2. The van der Waals surface area contributed by atoms with Gasteiger partial charge in [0.1, 0.15) is 0 Å². The molecule has 1 fully saturated rings. The van der Waals surface area contributed by atoms with Gasteiger partial charge in [-0.25, -0.2) is 0 Å². The van der Waals surface area contributed by atoms with Gasteiger partial charge in [-0.3, -0.25) is 9.59 Å². The molecule has 0 radical (unpaired) electrons. The van der Waals surface area contributed by atoms with Crippen molar-refractivity contribution in [1.82, 2.24) is 10.2 Å². The summed E-state index contributed by atoms with van der Waals surface area (Å²) < 4.78 is 0. The second-order valence-electron chi connectivity index (χ2n) is 7.42. The number of nitrogens with one attached hydrogen (secondary N) is 1. The smallest absolute Gasteiger partial charge is 0.253 e. The topological polar surface area (TPSA) is 49.4 Å². The lowest BCUT2D eigenvalue weighted by atomic mass is 10.0. The molecular formula is C23H28N2O2. The lowest BCUT2D eigenvalue weighted by Crippen LogP contribution is -2.36. The van der Waals surface area contributed by atoms with E-state index >= 15 is 0 Å². The molecule has 2 unspecified atom stereocenters. The van der Waals surface area contributed by atoms with E-state index in [2.05, 4.69) is 36.5 Å². The van der Waals surface area contributed by atoms with Crippen LogP contribution in [0.25, 0.3) is 11.1 Å². The van der Waals surface area contributed by atoms with Crippen LogP contribution in [0.4, 0.5) is 0 Å². The summed E-state index contributed by atoms with van der Waals surface area (Å²) in [6, 6.07) is 16.3. The van der Waals surface area contributed by atoms with E-state index < -0.39 is 0 Å². The third-order valence-electron chi connectivity index (χ3n) is 5.51. The molecule has 2 aromatic rings. The highest BCUT2D eigenvalue weighted by Gasteiger charge is 2.33. The van der Waals surface area contributed by atoms with Gasteiger partial charge < -0.3 is 10.2 Å². The van der Waals surface area contributed by atoms with Crippen LogP contribution in [0.2, 0.25) is 0 Å². The molecule has 1 aliphatic rings. The Morgan fingerprint density at radius 1 is 1.00 bits per heavy atom. The molecule has 0 saturated heterocycles.